The molecule has 122 valence electrons. The van der Waals surface area contributed by atoms with Crippen LogP contribution in [0.3, 0.4) is 0 Å². The molecule has 0 saturated carbocycles. The molecule has 1 heterocycles. The van der Waals surface area contributed by atoms with Gasteiger partial charge in [-0.05, 0) is 31.2 Å². The summed E-state index contributed by atoms with van der Waals surface area (Å²) in [7, 11) is 6.40. The standard InChI is InChI=1S/C17H20N2O4/c1-11-10-13(19(3)17(21)18(11)2)8-6-12-7-9-14(22-4)15(20)16(12)23-5/h6-10H,1-5H3/p+1/b8-6+. The summed E-state index contributed by atoms with van der Waals surface area (Å²) in [4.78, 5) is 12.1. The van der Waals surface area contributed by atoms with Gasteiger partial charge in [0.15, 0.2) is 11.5 Å². The third kappa shape index (κ3) is 3.06. The Hall–Kier alpha value is -2.76. The van der Waals surface area contributed by atoms with Gasteiger partial charge in [0.2, 0.25) is 5.75 Å². The Morgan fingerprint density at radius 1 is 1.22 bits per heavy atom. The van der Waals surface area contributed by atoms with Gasteiger partial charge in [0, 0.05) is 11.6 Å². The maximum Gasteiger partial charge on any atom is 0.498 e. The molecule has 2 aromatic rings. The van der Waals surface area contributed by atoms with Crippen LogP contribution in [0.15, 0.2) is 23.0 Å². The molecule has 0 aliphatic carbocycles. The predicted molar refractivity (Wildman–Crippen MR) is 87.7 cm³/mol. The molecule has 23 heavy (non-hydrogen) atoms. The molecule has 1 aromatic carbocycles. The number of nitrogens with zero attached hydrogens (tertiary/aromatic N) is 2. The van der Waals surface area contributed by atoms with E-state index in [1.165, 1.54) is 14.2 Å². The van der Waals surface area contributed by atoms with Gasteiger partial charge in [-0.1, -0.05) is 0 Å². The van der Waals surface area contributed by atoms with E-state index in [1.807, 2.05) is 13.0 Å². The number of aromatic nitrogens is 2. The maximum atomic E-state index is 12.1. The van der Waals surface area contributed by atoms with Crippen LogP contribution in [-0.2, 0) is 14.1 Å². The molecule has 0 aliphatic heterocycles. The second-order valence-corrected chi connectivity index (χ2v) is 5.18. The number of hydrogen-bond donors (Lipinski definition) is 1. The molecular formula is C17H21N2O4+. The molecule has 0 unspecified atom stereocenters. The van der Waals surface area contributed by atoms with Gasteiger partial charge in [0.1, 0.15) is 11.4 Å². The van der Waals surface area contributed by atoms with Crippen molar-refractivity contribution < 1.29 is 19.1 Å². The summed E-state index contributed by atoms with van der Waals surface area (Å²) in [6.07, 6.45) is 3.59. The highest BCUT2D eigenvalue weighted by Gasteiger charge is 2.14. The highest BCUT2D eigenvalue weighted by molar-refractivity contribution is 5.74. The molecule has 0 bridgehead atoms. The number of aromatic hydroxyl groups is 1. The van der Waals surface area contributed by atoms with Crippen LogP contribution in [0.2, 0.25) is 0 Å². The largest absolute Gasteiger partial charge is 0.502 e. The first-order valence-electron chi connectivity index (χ1n) is 7.09. The van der Waals surface area contributed by atoms with Gasteiger partial charge in [-0.2, -0.15) is 13.9 Å². The van der Waals surface area contributed by atoms with Crippen LogP contribution in [0.5, 0.6) is 17.2 Å². The lowest BCUT2D eigenvalue weighted by atomic mass is 10.1. The first-order chi connectivity index (χ1) is 10.9. The van der Waals surface area contributed by atoms with E-state index in [9.17, 15) is 9.90 Å². The Bertz CT molecular complexity index is 822. The smallest absolute Gasteiger partial charge is 0.498 e. The van der Waals surface area contributed by atoms with Gasteiger partial charge in [0.25, 0.3) is 0 Å². The molecule has 0 fully saturated rings. The number of phenols is 1. The van der Waals surface area contributed by atoms with Crippen molar-refractivity contribution in [2.75, 3.05) is 14.2 Å². The van der Waals surface area contributed by atoms with Gasteiger partial charge in [-0.25, -0.2) is 0 Å². The van der Waals surface area contributed by atoms with Crippen molar-refractivity contribution in [1.82, 2.24) is 4.57 Å². The monoisotopic (exact) mass is 317 g/mol. The van der Waals surface area contributed by atoms with Crippen LogP contribution >= 0.6 is 0 Å². The summed E-state index contributed by atoms with van der Waals surface area (Å²) < 4.78 is 13.5. The molecule has 0 spiro atoms. The number of aryl methyl sites for hydroxylation is 1. The van der Waals surface area contributed by atoms with Crippen molar-refractivity contribution in [3.05, 3.63) is 45.6 Å². The van der Waals surface area contributed by atoms with Gasteiger partial charge < -0.3 is 14.6 Å². The summed E-state index contributed by atoms with van der Waals surface area (Å²) in [5.74, 6) is 0.611. The predicted octanol–water partition coefficient (Wildman–Crippen LogP) is 1.41. The Morgan fingerprint density at radius 3 is 2.52 bits per heavy atom. The third-order valence-electron chi connectivity index (χ3n) is 3.83. The lowest BCUT2D eigenvalue weighted by molar-refractivity contribution is -0.692. The van der Waals surface area contributed by atoms with E-state index in [0.29, 0.717) is 17.1 Å². The molecule has 1 aromatic heterocycles. The summed E-state index contributed by atoms with van der Waals surface area (Å²) in [6, 6.07) is 5.35. The molecule has 0 aliphatic rings. The van der Waals surface area contributed by atoms with E-state index in [0.717, 1.165) is 11.4 Å². The third-order valence-corrected chi connectivity index (χ3v) is 3.83. The van der Waals surface area contributed by atoms with Crippen LogP contribution in [0.4, 0.5) is 0 Å². The first kappa shape index (κ1) is 16.6. The number of rotatable bonds is 4. The number of methoxy groups -OCH3 is 2. The van der Waals surface area contributed by atoms with Crippen molar-refractivity contribution in [3.63, 3.8) is 0 Å². The molecule has 0 atom stereocenters. The molecule has 0 saturated heterocycles. The molecule has 1 N–H and O–H groups in total. The van der Waals surface area contributed by atoms with Crippen LogP contribution in [0.25, 0.3) is 12.2 Å². The zero-order valence-corrected chi connectivity index (χ0v) is 14.0. The molecule has 0 amide bonds. The van der Waals surface area contributed by atoms with Gasteiger partial charge in [-0.3, -0.25) is 0 Å². The van der Waals surface area contributed by atoms with Crippen molar-refractivity contribution in [2.24, 2.45) is 14.1 Å². The highest BCUT2D eigenvalue weighted by atomic mass is 16.5. The Kier molecular flexibility index (Phi) is 4.74. The normalized spacial score (nSPS) is 11.0. The van der Waals surface area contributed by atoms with Crippen molar-refractivity contribution in [3.8, 4) is 17.2 Å². The zero-order valence-electron chi connectivity index (χ0n) is 14.0. The van der Waals surface area contributed by atoms with Crippen LogP contribution < -0.4 is 19.7 Å². The maximum absolute atomic E-state index is 12.1. The minimum absolute atomic E-state index is 0.0540. The van der Waals surface area contributed by atoms with Gasteiger partial charge in [0.05, 0.1) is 28.3 Å². The highest BCUT2D eigenvalue weighted by Crippen LogP contribution is 2.39. The average Bonchev–Trinajstić information content (AvgIpc) is 2.55. The summed E-state index contributed by atoms with van der Waals surface area (Å²) >= 11 is 0. The number of phenolic OH excluding ortho intramolecular Hbond substituents is 1. The molecule has 2 rings (SSSR count). The van der Waals surface area contributed by atoms with E-state index in [4.69, 9.17) is 9.47 Å². The van der Waals surface area contributed by atoms with Crippen molar-refractivity contribution in [1.29, 1.82) is 0 Å². The summed E-state index contributed by atoms with van der Waals surface area (Å²) in [5, 5.41) is 10.1. The fourth-order valence-corrected chi connectivity index (χ4v) is 2.31. The Balaban J connectivity index is 2.50. The average molecular weight is 317 g/mol. The molecule has 0 radical (unpaired) electrons. The van der Waals surface area contributed by atoms with Gasteiger partial charge in [-0.15, -0.1) is 0 Å². The second kappa shape index (κ2) is 6.56. The quantitative estimate of drug-likeness (QED) is 0.866. The minimum atomic E-state index is -0.103. The topological polar surface area (TPSA) is 64.6 Å². The van der Waals surface area contributed by atoms with Crippen LogP contribution in [-0.4, -0.2) is 23.9 Å². The lowest BCUT2D eigenvalue weighted by Crippen LogP contribution is -2.53. The van der Waals surface area contributed by atoms with E-state index >= 15 is 0 Å². The molecule has 6 nitrogen and oxygen atoms in total. The van der Waals surface area contributed by atoms with E-state index in [2.05, 4.69) is 0 Å². The van der Waals surface area contributed by atoms with Crippen LogP contribution in [0, 0.1) is 6.92 Å². The van der Waals surface area contributed by atoms with E-state index < -0.39 is 0 Å². The number of benzene rings is 1. The Morgan fingerprint density at radius 2 is 1.91 bits per heavy atom. The summed E-state index contributed by atoms with van der Waals surface area (Å²) in [6.45, 7) is 1.87. The Labute approximate surface area is 134 Å². The number of hydrogen-bond acceptors (Lipinski definition) is 4. The SMILES string of the molecule is COc1ccc(/C=C/c2cc(C)n(C)c(=O)[n+]2C)c(OC)c1O. The van der Waals surface area contributed by atoms with Crippen molar-refractivity contribution >= 4 is 12.2 Å². The zero-order chi connectivity index (χ0) is 17.1. The fraction of sp³-hybridized carbons (Fsp3) is 0.294. The number of ether oxygens (including phenoxy) is 2. The van der Waals surface area contributed by atoms with Crippen molar-refractivity contribution in [2.45, 2.75) is 6.92 Å². The molecule has 6 heteroatoms. The first-order valence-corrected chi connectivity index (χ1v) is 7.09. The van der Waals surface area contributed by atoms with E-state index in [-0.39, 0.29) is 11.4 Å². The van der Waals surface area contributed by atoms with Crippen LogP contribution in [0.1, 0.15) is 17.0 Å². The molecular weight excluding hydrogens is 296 g/mol. The second-order valence-electron chi connectivity index (χ2n) is 5.18. The van der Waals surface area contributed by atoms with Gasteiger partial charge >= 0.3 is 5.69 Å². The fourth-order valence-electron chi connectivity index (χ4n) is 2.31. The van der Waals surface area contributed by atoms with E-state index in [1.54, 1.807) is 47.5 Å². The lowest BCUT2D eigenvalue weighted by Gasteiger charge is -2.10. The summed E-state index contributed by atoms with van der Waals surface area (Å²) in [5.41, 5.74) is 2.19. The minimum Gasteiger partial charge on any atom is -0.502 e.